The molecule has 0 spiro atoms. The monoisotopic (exact) mass is 404 g/mol. The summed E-state index contributed by atoms with van der Waals surface area (Å²) in [7, 11) is 0. The van der Waals surface area contributed by atoms with Crippen LogP contribution in [0.5, 0.6) is 0 Å². The van der Waals surface area contributed by atoms with E-state index in [1.165, 1.54) is 0 Å². The maximum atomic E-state index is 12.4. The average Bonchev–Trinajstić information content (AvgIpc) is 3.24. The Balaban J connectivity index is 1.35. The zero-order chi connectivity index (χ0) is 21.1. The normalized spacial score (nSPS) is 16.7. The third kappa shape index (κ3) is 3.96. The summed E-state index contributed by atoms with van der Waals surface area (Å²) in [5.74, 6) is -1.18. The lowest BCUT2D eigenvalue weighted by Crippen LogP contribution is -2.43. The second-order valence-electron chi connectivity index (χ2n) is 7.23. The quantitative estimate of drug-likeness (QED) is 0.741. The van der Waals surface area contributed by atoms with Crippen molar-refractivity contribution in [2.45, 2.75) is 25.3 Å². The van der Waals surface area contributed by atoms with Crippen molar-refractivity contribution in [3.8, 4) is 6.07 Å². The summed E-state index contributed by atoms with van der Waals surface area (Å²) in [5, 5.41) is 14.2. The van der Waals surface area contributed by atoms with E-state index < -0.39 is 18.5 Å². The van der Waals surface area contributed by atoms with E-state index in [0.29, 0.717) is 17.8 Å². The summed E-state index contributed by atoms with van der Waals surface area (Å²) in [6.07, 6.45) is 2.08. The van der Waals surface area contributed by atoms with Crippen molar-refractivity contribution in [2.24, 2.45) is 0 Å². The molecule has 2 aromatic carbocycles. The molecule has 152 valence electrons. The summed E-state index contributed by atoms with van der Waals surface area (Å²) in [4.78, 5) is 38.7. The van der Waals surface area contributed by atoms with Crippen LogP contribution in [0.25, 0.3) is 0 Å². The first-order valence-corrected chi connectivity index (χ1v) is 9.69. The van der Waals surface area contributed by atoms with Gasteiger partial charge < -0.3 is 20.3 Å². The number of nitriles is 1. The van der Waals surface area contributed by atoms with Crippen molar-refractivity contribution in [1.82, 2.24) is 0 Å². The van der Waals surface area contributed by atoms with Crippen molar-refractivity contribution in [1.29, 1.82) is 5.26 Å². The van der Waals surface area contributed by atoms with Crippen molar-refractivity contribution < 1.29 is 19.1 Å². The highest BCUT2D eigenvalue weighted by Crippen LogP contribution is 2.37. The van der Waals surface area contributed by atoms with E-state index in [-0.39, 0.29) is 17.5 Å². The smallest absolute Gasteiger partial charge is 0.338 e. The van der Waals surface area contributed by atoms with E-state index in [0.717, 1.165) is 30.6 Å². The van der Waals surface area contributed by atoms with E-state index in [1.54, 1.807) is 42.5 Å². The molecule has 2 heterocycles. The van der Waals surface area contributed by atoms with Crippen molar-refractivity contribution in [3.05, 3.63) is 53.6 Å². The number of hydrogen-bond donors (Lipinski definition) is 2. The van der Waals surface area contributed by atoms with Gasteiger partial charge in [-0.25, -0.2) is 4.79 Å². The number of carbonyl (C=O) groups excluding carboxylic acids is 3. The SMILES string of the molecule is N#CCc1ccc(NC(=O)COC(=O)c2ccc3c(c2)NC(=O)[C@@H]2CCCN32)cc1. The number of carbonyl (C=O) groups is 3. The fourth-order valence-corrected chi connectivity index (χ4v) is 3.77. The molecule has 1 saturated heterocycles. The summed E-state index contributed by atoms with van der Waals surface area (Å²) < 4.78 is 5.11. The Labute approximate surface area is 173 Å². The molecular formula is C22H20N4O4. The molecule has 1 fully saturated rings. The number of benzene rings is 2. The van der Waals surface area contributed by atoms with Crippen LogP contribution in [0.4, 0.5) is 17.1 Å². The van der Waals surface area contributed by atoms with Crippen LogP contribution in [0.3, 0.4) is 0 Å². The Bertz CT molecular complexity index is 1040. The summed E-state index contributed by atoms with van der Waals surface area (Å²) in [5.41, 5.74) is 3.14. The van der Waals surface area contributed by atoms with Gasteiger partial charge in [-0.05, 0) is 48.7 Å². The molecule has 0 radical (unpaired) electrons. The fraction of sp³-hybridized carbons (Fsp3) is 0.273. The topological polar surface area (TPSA) is 112 Å². The first-order chi connectivity index (χ1) is 14.5. The van der Waals surface area contributed by atoms with Gasteiger partial charge in [-0.1, -0.05) is 12.1 Å². The molecule has 8 heteroatoms. The van der Waals surface area contributed by atoms with E-state index in [9.17, 15) is 14.4 Å². The van der Waals surface area contributed by atoms with E-state index in [1.807, 2.05) is 0 Å². The number of hydrogen-bond acceptors (Lipinski definition) is 6. The molecule has 0 unspecified atom stereocenters. The molecule has 30 heavy (non-hydrogen) atoms. The predicted octanol–water partition coefficient (Wildman–Crippen LogP) is 2.47. The Morgan fingerprint density at radius 3 is 2.80 bits per heavy atom. The number of nitrogens with zero attached hydrogens (tertiary/aromatic N) is 2. The second kappa shape index (κ2) is 8.25. The molecule has 2 N–H and O–H groups in total. The predicted molar refractivity (Wildman–Crippen MR) is 110 cm³/mol. The Morgan fingerprint density at radius 1 is 1.23 bits per heavy atom. The largest absolute Gasteiger partial charge is 0.452 e. The van der Waals surface area contributed by atoms with Crippen LogP contribution in [0.2, 0.25) is 0 Å². The van der Waals surface area contributed by atoms with Crippen LogP contribution in [0, 0.1) is 11.3 Å². The van der Waals surface area contributed by atoms with Crippen LogP contribution in [-0.2, 0) is 20.7 Å². The Hall–Kier alpha value is -3.86. The van der Waals surface area contributed by atoms with Crippen LogP contribution in [-0.4, -0.2) is 37.0 Å². The third-order valence-corrected chi connectivity index (χ3v) is 5.21. The van der Waals surface area contributed by atoms with Gasteiger partial charge in [0.05, 0.1) is 29.4 Å². The number of anilines is 3. The zero-order valence-corrected chi connectivity index (χ0v) is 16.2. The first-order valence-electron chi connectivity index (χ1n) is 9.69. The Morgan fingerprint density at radius 2 is 2.03 bits per heavy atom. The van der Waals surface area contributed by atoms with Gasteiger partial charge in [0.2, 0.25) is 5.91 Å². The minimum Gasteiger partial charge on any atom is -0.452 e. The van der Waals surface area contributed by atoms with Gasteiger partial charge in [-0.3, -0.25) is 9.59 Å². The molecule has 0 saturated carbocycles. The molecule has 0 aliphatic carbocycles. The maximum Gasteiger partial charge on any atom is 0.338 e. The highest BCUT2D eigenvalue weighted by atomic mass is 16.5. The molecule has 2 aromatic rings. The highest BCUT2D eigenvalue weighted by molar-refractivity contribution is 6.05. The van der Waals surface area contributed by atoms with E-state index in [2.05, 4.69) is 21.6 Å². The zero-order valence-electron chi connectivity index (χ0n) is 16.2. The molecule has 0 aromatic heterocycles. The Kier molecular flexibility index (Phi) is 5.35. The lowest BCUT2D eigenvalue weighted by molar-refractivity contribution is -0.119. The van der Waals surface area contributed by atoms with E-state index >= 15 is 0 Å². The second-order valence-corrected chi connectivity index (χ2v) is 7.23. The van der Waals surface area contributed by atoms with Crippen LogP contribution in [0.15, 0.2) is 42.5 Å². The maximum absolute atomic E-state index is 12.4. The number of ether oxygens (including phenoxy) is 1. The molecule has 2 aliphatic rings. The van der Waals surface area contributed by atoms with Crippen LogP contribution in [0.1, 0.15) is 28.8 Å². The van der Waals surface area contributed by atoms with Crippen molar-refractivity contribution >= 4 is 34.8 Å². The van der Waals surface area contributed by atoms with Gasteiger partial charge in [0, 0.05) is 12.2 Å². The average molecular weight is 404 g/mol. The van der Waals surface area contributed by atoms with E-state index in [4.69, 9.17) is 10.00 Å². The summed E-state index contributed by atoms with van der Waals surface area (Å²) in [6.45, 7) is 0.378. The molecule has 2 amide bonds. The number of nitrogens with one attached hydrogen (secondary N) is 2. The fourth-order valence-electron chi connectivity index (χ4n) is 3.77. The molecule has 1 atom stereocenters. The van der Waals surface area contributed by atoms with Crippen LogP contribution >= 0.6 is 0 Å². The molecule has 8 nitrogen and oxygen atoms in total. The molecule has 0 bridgehead atoms. The molecule has 4 rings (SSSR count). The lowest BCUT2D eigenvalue weighted by atomic mass is 10.1. The van der Waals surface area contributed by atoms with Gasteiger partial charge in [0.25, 0.3) is 5.91 Å². The minimum atomic E-state index is -0.643. The molecular weight excluding hydrogens is 384 g/mol. The van der Waals surface area contributed by atoms with Crippen molar-refractivity contribution in [3.63, 3.8) is 0 Å². The van der Waals surface area contributed by atoms with Gasteiger partial charge >= 0.3 is 5.97 Å². The third-order valence-electron chi connectivity index (χ3n) is 5.21. The van der Waals surface area contributed by atoms with Gasteiger partial charge in [-0.15, -0.1) is 0 Å². The summed E-state index contributed by atoms with van der Waals surface area (Å²) >= 11 is 0. The van der Waals surface area contributed by atoms with Gasteiger partial charge in [-0.2, -0.15) is 5.26 Å². The number of amides is 2. The lowest BCUT2D eigenvalue weighted by Gasteiger charge is -2.33. The standard InChI is InChI=1S/C22H20N4O4/c23-10-9-14-3-6-16(7-4-14)24-20(27)13-30-22(29)15-5-8-18-17(12-15)25-21(28)19-2-1-11-26(18)19/h3-8,12,19H,1-2,9,11,13H2,(H,24,27)(H,25,28)/t19-/m0/s1. The minimum absolute atomic E-state index is 0.0642. The first kappa shape index (κ1) is 19.5. The number of rotatable bonds is 5. The highest BCUT2D eigenvalue weighted by Gasteiger charge is 2.36. The number of fused-ring (bicyclic) bond motifs is 3. The van der Waals surface area contributed by atoms with Gasteiger partial charge in [0.1, 0.15) is 6.04 Å². The van der Waals surface area contributed by atoms with Crippen molar-refractivity contribution in [2.75, 3.05) is 28.7 Å². The number of esters is 1. The van der Waals surface area contributed by atoms with Gasteiger partial charge in [0.15, 0.2) is 6.61 Å². The molecule has 2 aliphatic heterocycles. The van der Waals surface area contributed by atoms with Crippen LogP contribution < -0.4 is 15.5 Å². The summed E-state index contributed by atoms with van der Waals surface area (Å²) in [6, 6.07) is 13.8.